The lowest BCUT2D eigenvalue weighted by molar-refractivity contribution is -0.0391. The van der Waals surface area contributed by atoms with Gasteiger partial charge in [-0.15, -0.1) is 11.3 Å². The van der Waals surface area contributed by atoms with Crippen LogP contribution >= 0.6 is 11.3 Å². The van der Waals surface area contributed by atoms with Gasteiger partial charge in [-0.1, -0.05) is 12.1 Å². The first-order chi connectivity index (χ1) is 11.7. The second kappa shape index (κ2) is 7.85. The lowest BCUT2D eigenvalue weighted by atomic mass is 10.1. The van der Waals surface area contributed by atoms with E-state index in [4.69, 9.17) is 14.6 Å². The number of thiazole rings is 1. The number of carboxylic acid groups (broad SMARTS) is 1. The van der Waals surface area contributed by atoms with E-state index < -0.39 is 5.97 Å². The van der Waals surface area contributed by atoms with Crippen LogP contribution in [-0.4, -0.2) is 60.5 Å². The molecule has 0 saturated carbocycles. The van der Waals surface area contributed by atoms with Crippen molar-refractivity contribution in [3.8, 4) is 10.6 Å². The van der Waals surface area contributed by atoms with E-state index in [0.717, 1.165) is 36.0 Å². The van der Waals surface area contributed by atoms with Crippen LogP contribution in [-0.2, 0) is 16.0 Å². The van der Waals surface area contributed by atoms with Gasteiger partial charge < -0.3 is 14.6 Å². The fraction of sp³-hybridized carbons (Fsp3) is 0.412. The molecule has 1 aliphatic rings. The Kier molecular flexibility index (Phi) is 5.57. The van der Waals surface area contributed by atoms with Crippen molar-refractivity contribution >= 4 is 17.3 Å². The molecule has 1 fully saturated rings. The summed E-state index contributed by atoms with van der Waals surface area (Å²) in [7, 11) is 1.70. The summed E-state index contributed by atoms with van der Waals surface area (Å²) in [5.41, 5.74) is 2.10. The third-order valence-corrected chi connectivity index (χ3v) is 4.92. The van der Waals surface area contributed by atoms with Crippen LogP contribution in [0.15, 0.2) is 29.6 Å². The molecule has 0 bridgehead atoms. The van der Waals surface area contributed by atoms with Crippen LogP contribution in [0.5, 0.6) is 0 Å². The maximum Gasteiger partial charge on any atom is 0.335 e. The molecule has 128 valence electrons. The first-order valence-corrected chi connectivity index (χ1v) is 8.64. The largest absolute Gasteiger partial charge is 0.478 e. The van der Waals surface area contributed by atoms with E-state index >= 15 is 0 Å². The Balaban J connectivity index is 1.73. The van der Waals surface area contributed by atoms with Gasteiger partial charge in [0, 0.05) is 31.1 Å². The van der Waals surface area contributed by atoms with E-state index in [2.05, 4.69) is 9.88 Å². The standard InChI is InChI=1S/C17H20N2O4S/c1-22-9-15-10-23-6-5-19(15)8-14-11-24-16(18-14)12-3-2-4-13(7-12)17(20)21/h2-4,7,11,15H,5-6,8-10H2,1H3,(H,20,21). The highest BCUT2D eigenvalue weighted by atomic mass is 32.1. The zero-order valence-corrected chi connectivity index (χ0v) is 14.3. The van der Waals surface area contributed by atoms with Crippen molar-refractivity contribution in [3.63, 3.8) is 0 Å². The Morgan fingerprint density at radius 2 is 2.42 bits per heavy atom. The Bertz CT molecular complexity index is 701. The van der Waals surface area contributed by atoms with E-state index in [1.807, 2.05) is 11.4 Å². The first kappa shape index (κ1) is 17.0. The molecule has 2 aromatic rings. The van der Waals surface area contributed by atoms with Crippen LogP contribution in [0.4, 0.5) is 0 Å². The minimum atomic E-state index is -0.927. The molecule has 1 atom stereocenters. The molecule has 1 saturated heterocycles. The molecule has 7 heteroatoms. The third-order valence-electron chi connectivity index (χ3n) is 3.98. The van der Waals surface area contributed by atoms with Gasteiger partial charge in [0.2, 0.25) is 0 Å². The molecule has 1 aromatic carbocycles. The molecule has 0 amide bonds. The summed E-state index contributed by atoms with van der Waals surface area (Å²) in [6.07, 6.45) is 0. The van der Waals surface area contributed by atoms with Gasteiger partial charge in [0.1, 0.15) is 5.01 Å². The topological polar surface area (TPSA) is 71.9 Å². The molecular weight excluding hydrogens is 328 g/mol. The maximum atomic E-state index is 11.1. The minimum Gasteiger partial charge on any atom is -0.478 e. The molecule has 6 nitrogen and oxygen atoms in total. The smallest absolute Gasteiger partial charge is 0.335 e. The van der Waals surface area contributed by atoms with Crippen LogP contribution in [0.2, 0.25) is 0 Å². The summed E-state index contributed by atoms with van der Waals surface area (Å²) in [5.74, 6) is -0.927. The number of carboxylic acids is 1. The van der Waals surface area contributed by atoms with E-state index in [0.29, 0.717) is 13.2 Å². The van der Waals surface area contributed by atoms with Crippen LogP contribution in [0.1, 0.15) is 16.1 Å². The highest BCUT2D eigenvalue weighted by Crippen LogP contribution is 2.25. The van der Waals surface area contributed by atoms with Gasteiger partial charge in [-0.25, -0.2) is 9.78 Å². The molecule has 1 unspecified atom stereocenters. The fourth-order valence-electron chi connectivity index (χ4n) is 2.75. The van der Waals surface area contributed by atoms with Crippen LogP contribution < -0.4 is 0 Å². The van der Waals surface area contributed by atoms with Gasteiger partial charge in [-0.3, -0.25) is 4.90 Å². The van der Waals surface area contributed by atoms with E-state index in [1.165, 1.54) is 11.3 Å². The number of carbonyl (C=O) groups is 1. The number of aromatic carboxylic acids is 1. The highest BCUT2D eigenvalue weighted by Gasteiger charge is 2.23. The lowest BCUT2D eigenvalue weighted by Crippen LogP contribution is -2.47. The number of rotatable bonds is 6. The monoisotopic (exact) mass is 348 g/mol. The van der Waals surface area contributed by atoms with E-state index in [9.17, 15) is 4.79 Å². The maximum absolute atomic E-state index is 11.1. The number of hydrogen-bond acceptors (Lipinski definition) is 6. The van der Waals surface area contributed by atoms with Gasteiger partial charge in [0.05, 0.1) is 37.1 Å². The average Bonchev–Trinajstić information content (AvgIpc) is 3.05. The number of methoxy groups -OCH3 is 1. The second-order valence-corrected chi connectivity index (χ2v) is 6.54. The summed E-state index contributed by atoms with van der Waals surface area (Å²) in [5, 5.41) is 12.0. The quantitative estimate of drug-likeness (QED) is 0.864. The lowest BCUT2D eigenvalue weighted by Gasteiger charge is -2.34. The van der Waals surface area contributed by atoms with Gasteiger partial charge in [0.25, 0.3) is 0 Å². The molecule has 2 heterocycles. The summed E-state index contributed by atoms with van der Waals surface area (Å²) >= 11 is 1.53. The summed E-state index contributed by atoms with van der Waals surface area (Å²) < 4.78 is 10.8. The second-order valence-electron chi connectivity index (χ2n) is 5.68. The first-order valence-electron chi connectivity index (χ1n) is 7.76. The Hall–Kier alpha value is -1.80. The number of benzene rings is 1. The van der Waals surface area contributed by atoms with Crippen molar-refractivity contribution in [1.29, 1.82) is 0 Å². The normalized spacial score (nSPS) is 18.6. The Labute approximate surface area is 144 Å². The number of aromatic nitrogens is 1. The highest BCUT2D eigenvalue weighted by molar-refractivity contribution is 7.13. The van der Waals surface area contributed by atoms with E-state index in [1.54, 1.807) is 25.3 Å². The van der Waals surface area contributed by atoms with Gasteiger partial charge in [0.15, 0.2) is 0 Å². The fourth-order valence-corrected chi connectivity index (χ4v) is 3.56. The van der Waals surface area contributed by atoms with Crippen LogP contribution in [0.3, 0.4) is 0 Å². The molecule has 0 radical (unpaired) electrons. The van der Waals surface area contributed by atoms with Gasteiger partial charge >= 0.3 is 5.97 Å². The number of ether oxygens (including phenoxy) is 2. The molecule has 1 N–H and O–H groups in total. The average molecular weight is 348 g/mol. The molecule has 3 rings (SSSR count). The molecule has 1 aliphatic heterocycles. The number of hydrogen-bond donors (Lipinski definition) is 1. The Morgan fingerprint density at radius 1 is 1.54 bits per heavy atom. The SMILES string of the molecule is COCC1COCCN1Cc1csc(-c2cccc(C(=O)O)c2)n1. The van der Waals surface area contributed by atoms with Gasteiger partial charge in [-0.2, -0.15) is 0 Å². The molecule has 0 aliphatic carbocycles. The van der Waals surface area contributed by atoms with Crippen molar-refractivity contribution < 1.29 is 19.4 Å². The van der Waals surface area contributed by atoms with E-state index in [-0.39, 0.29) is 11.6 Å². The molecule has 1 aromatic heterocycles. The summed E-state index contributed by atoms with van der Waals surface area (Å²) in [6.45, 7) is 3.63. The Morgan fingerprint density at radius 3 is 3.21 bits per heavy atom. The van der Waals surface area contributed by atoms with Crippen molar-refractivity contribution in [2.24, 2.45) is 0 Å². The molecular formula is C17H20N2O4S. The predicted octanol–water partition coefficient (Wildman–Crippen LogP) is 2.36. The van der Waals surface area contributed by atoms with Gasteiger partial charge in [-0.05, 0) is 12.1 Å². The van der Waals surface area contributed by atoms with Crippen LogP contribution in [0.25, 0.3) is 10.6 Å². The molecule has 0 spiro atoms. The predicted molar refractivity (Wildman–Crippen MR) is 91.4 cm³/mol. The number of nitrogens with zero attached hydrogens (tertiary/aromatic N) is 2. The van der Waals surface area contributed by atoms with Crippen molar-refractivity contribution in [3.05, 3.63) is 40.9 Å². The molecule has 24 heavy (non-hydrogen) atoms. The summed E-state index contributed by atoms with van der Waals surface area (Å²) in [6, 6.07) is 7.12. The summed E-state index contributed by atoms with van der Waals surface area (Å²) in [4.78, 5) is 18.1. The van der Waals surface area contributed by atoms with Crippen LogP contribution in [0, 0.1) is 0 Å². The van der Waals surface area contributed by atoms with Crippen molar-refractivity contribution in [1.82, 2.24) is 9.88 Å². The zero-order valence-electron chi connectivity index (χ0n) is 13.5. The third kappa shape index (κ3) is 3.99. The van der Waals surface area contributed by atoms with Crippen molar-refractivity contribution in [2.45, 2.75) is 12.6 Å². The zero-order chi connectivity index (χ0) is 16.9. The minimum absolute atomic E-state index is 0.240. The number of morpholine rings is 1. The van der Waals surface area contributed by atoms with Crippen molar-refractivity contribution in [2.75, 3.05) is 33.5 Å².